The second-order valence-corrected chi connectivity index (χ2v) is 6.13. The molecule has 5 nitrogen and oxygen atoms in total. The van der Waals surface area contributed by atoms with Crippen LogP contribution in [0.15, 0.2) is 22.8 Å². The van der Waals surface area contributed by atoms with Crippen molar-refractivity contribution in [2.75, 3.05) is 20.6 Å². The van der Waals surface area contributed by atoms with Crippen LogP contribution in [-0.2, 0) is 4.79 Å². The summed E-state index contributed by atoms with van der Waals surface area (Å²) in [7, 11) is 4.00. The van der Waals surface area contributed by atoms with Crippen molar-refractivity contribution in [3.8, 4) is 0 Å². The highest BCUT2D eigenvalue weighted by Crippen LogP contribution is 2.33. The normalized spacial score (nSPS) is 29.9. The lowest BCUT2D eigenvalue weighted by atomic mass is 9.88. The lowest BCUT2D eigenvalue weighted by Gasteiger charge is -2.25. The van der Waals surface area contributed by atoms with E-state index < -0.39 is 0 Å². The van der Waals surface area contributed by atoms with E-state index in [9.17, 15) is 4.79 Å². The Morgan fingerprint density at radius 3 is 2.95 bits per heavy atom. The third-order valence-corrected chi connectivity index (χ3v) is 4.60. The first-order chi connectivity index (χ1) is 9.65. The van der Waals surface area contributed by atoms with E-state index in [1.54, 1.807) is 6.26 Å². The molecule has 2 N–H and O–H groups in total. The van der Waals surface area contributed by atoms with Crippen LogP contribution in [0.4, 0.5) is 0 Å². The van der Waals surface area contributed by atoms with Gasteiger partial charge in [0, 0.05) is 18.6 Å². The monoisotopic (exact) mass is 277 g/mol. The van der Waals surface area contributed by atoms with Gasteiger partial charge in [-0.3, -0.25) is 9.69 Å². The van der Waals surface area contributed by atoms with Crippen LogP contribution in [0, 0.1) is 5.92 Å². The minimum absolute atomic E-state index is 0.0838. The van der Waals surface area contributed by atoms with Crippen molar-refractivity contribution in [1.29, 1.82) is 0 Å². The molecule has 0 aliphatic carbocycles. The summed E-state index contributed by atoms with van der Waals surface area (Å²) in [6.45, 7) is 0.591. The highest BCUT2D eigenvalue weighted by Gasteiger charge is 2.42. The Kier molecular flexibility index (Phi) is 3.81. The second-order valence-electron chi connectivity index (χ2n) is 6.13. The molecule has 0 saturated carbocycles. The Bertz CT molecular complexity index is 458. The van der Waals surface area contributed by atoms with Gasteiger partial charge in [-0.1, -0.05) is 0 Å². The van der Waals surface area contributed by atoms with Gasteiger partial charge in [0.1, 0.15) is 5.76 Å². The van der Waals surface area contributed by atoms with Gasteiger partial charge in [-0.2, -0.15) is 0 Å². The predicted molar refractivity (Wildman–Crippen MR) is 76.2 cm³/mol. The molecule has 0 radical (unpaired) electrons. The van der Waals surface area contributed by atoms with Crippen LogP contribution >= 0.6 is 0 Å². The van der Waals surface area contributed by atoms with E-state index in [-0.39, 0.29) is 17.9 Å². The summed E-state index contributed by atoms with van der Waals surface area (Å²) in [5.74, 6) is 1.22. The second kappa shape index (κ2) is 5.58. The van der Waals surface area contributed by atoms with E-state index in [1.807, 2.05) is 26.2 Å². The van der Waals surface area contributed by atoms with Gasteiger partial charge in [0.2, 0.25) is 5.91 Å². The summed E-state index contributed by atoms with van der Waals surface area (Å²) in [6.07, 6.45) is 5.02. The number of hydrogen-bond donors (Lipinski definition) is 2. The number of fused-ring (bicyclic) bond motifs is 2. The molecule has 1 amide bonds. The summed E-state index contributed by atoms with van der Waals surface area (Å²) >= 11 is 0. The maximum Gasteiger partial charge on any atom is 0.224 e. The van der Waals surface area contributed by atoms with Crippen molar-refractivity contribution in [2.45, 2.75) is 37.4 Å². The molecule has 1 aromatic heterocycles. The molecule has 2 aliphatic rings. The van der Waals surface area contributed by atoms with Gasteiger partial charge in [0.25, 0.3) is 0 Å². The van der Waals surface area contributed by atoms with E-state index >= 15 is 0 Å². The minimum atomic E-state index is 0.0838. The lowest BCUT2D eigenvalue weighted by molar-refractivity contribution is -0.125. The highest BCUT2D eigenvalue weighted by molar-refractivity contribution is 5.80. The fourth-order valence-electron chi connectivity index (χ4n) is 3.46. The van der Waals surface area contributed by atoms with Crippen LogP contribution in [0.1, 0.15) is 31.1 Å². The minimum Gasteiger partial charge on any atom is -0.468 e. The van der Waals surface area contributed by atoms with Crippen LogP contribution in [0.5, 0.6) is 0 Å². The number of carbonyl (C=O) groups is 1. The SMILES string of the molecule is CN(C)C(CNC(=O)C1CC2CCC1N2)c1ccco1. The largest absolute Gasteiger partial charge is 0.468 e. The molecule has 2 fully saturated rings. The Balaban J connectivity index is 1.56. The number of nitrogens with zero attached hydrogens (tertiary/aromatic N) is 1. The van der Waals surface area contributed by atoms with Crippen molar-refractivity contribution < 1.29 is 9.21 Å². The fraction of sp³-hybridized carbons (Fsp3) is 0.667. The molecule has 4 unspecified atom stereocenters. The number of carbonyl (C=O) groups excluding carboxylic acids is 1. The lowest BCUT2D eigenvalue weighted by Crippen LogP contribution is -2.41. The van der Waals surface area contributed by atoms with Crippen molar-refractivity contribution in [3.05, 3.63) is 24.2 Å². The van der Waals surface area contributed by atoms with Crippen molar-refractivity contribution in [3.63, 3.8) is 0 Å². The molecule has 110 valence electrons. The van der Waals surface area contributed by atoms with Gasteiger partial charge < -0.3 is 15.1 Å². The van der Waals surface area contributed by atoms with Crippen molar-refractivity contribution in [1.82, 2.24) is 15.5 Å². The number of likely N-dealkylation sites (N-methyl/N-ethyl adjacent to an activating group) is 1. The number of amides is 1. The molecule has 0 aromatic carbocycles. The van der Waals surface area contributed by atoms with E-state index in [1.165, 1.54) is 6.42 Å². The Morgan fingerprint density at radius 1 is 1.55 bits per heavy atom. The molecular weight excluding hydrogens is 254 g/mol. The van der Waals surface area contributed by atoms with Crippen molar-refractivity contribution in [2.24, 2.45) is 5.92 Å². The molecule has 0 spiro atoms. The molecule has 2 bridgehead atoms. The van der Waals surface area contributed by atoms with Crippen LogP contribution in [0.25, 0.3) is 0 Å². The fourth-order valence-corrected chi connectivity index (χ4v) is 3.46. The Hall–Kier alpha value is -1.33. The van der Waals surface area contributed by atoms with Crippen LogP contribution in [0.3, 0.4) is 0 Å². The number of nitrogens with one attached hydrogen (secondary N) is 2. The predicted octanol–water partition coefficient (Wildman–Crippen LogP) is 1.14. The third-order valence-electron chi connectivity index (χ3n) is 4.60. The van der Waals surface area contributed by atoms with E-state index in [0.29, 0.717) is 18.6 Å². The first-order valence-corrected chi connectivity index (χ1v) is 7.38. The zero-order chi connectivity index (χ0) is 14.1. The number of hydrogen-bond acceptors (Lipinski definition) is 4. The highest BCUT2D eigenvalue weighted by atomic mass is 16.3. The van der Waals surface area contributed by atoms with Gasteiger partial charge in [-0.25, -0.2) is 0 Å². The molecule has 4 atom stereocenters. The average Bonchev–Trinajstić information content (AvgIpc) is 3.15. The zero-order valence-corrected chi connectivity index (χ0v) is 12.1. The first-order valence-electron chi connectivity index (χ1n) is 7.38. The van der Waals surface area contributed by atoms with Crippen molar-refractivity contribution >= 4 is 5.91 Å². The topological polar surface area (TPSA) is 57.5 Å². The van der Waals surface area contributed by atoms with Crippen LogP contribution in [0.2, 0.25) is 0 Å². The summed E-state index contributed by atoms with van der Waals surface area (Å²) in [6, 6.07) is 4.87. The Labute approximate surface area is 119 Å². The molecule has 20 heavy (non-hydrogen) atoms. The molecule has 2 saturated heterocycles. The molecule has 1 aromatic rings. The summed E-state index contributed by atoms with van der Waals surface area (Å²) < 4.78 is 5.46. The van der Waals surface area contributed by atoms with Gasteiger partial charge in [0.15, 0.2) is 0 Å². The number of furan rings is 1. The molecule has 3 rings (SSSR count). The average molecular weight is 277 g/mol. The maximum atomic E-state index is 12.3. The van der Waals surface area contributed by atoms with Gasteiger partial charge in [-0.15, -0.1) is 0 Å². The van der Waals surface area contributed by atoms with E-state index in [4.69, 9.17) is 4.42 Å². The van der Waals surface area contributed by atoms with Crippen LogP contribution < -0.4 is 10.6 Å². The van der Waals surface area contributed by atoms with Gasteiger partial charge in [-0.05, 0) is 45.5 Å². The van der Waals surface area contributed by atoms with Gasteiger partial charge in [0.05, 0.1) is 18.2 Å². The molecule has 2 aliphatic heterocycles. The standard InChI is InChI=1S/C15H23N3O2/c1-18(2)13(14-4-3-7-20-14)9-16-15(19)11-8-10-5-6-12(11)17-10/h3-4,7,10-13,17H,5-6,8-9H2,1-2H3,(H,16,19). The first kappa shape index (κ1) is 13.6. The van der Waals surface area contributed by atoms with E-state index in [2.05, 4.69) is 15.5 Å². The smallest absolute Gasteiger partial charge is 0.224 e. The summed E-state index contributed by atoms with van der Waals surface area (Å²) in [5, 5.41) is 6.61. The maximum absolute atomic E-state index is 12.3. The quantitative estimate of drug-likeness (QED) is 0.847. The number of rotatable bonds is 5. The summed E-state index contributed by atoms with van der Waals surface area (Å²) in [5.41, 5.74) is 0. The van der Waals surface area contributed by atoms with E-state index in [0.717, 1.165) is 18.6 Å². The zero-order valence-electron chi connectivity index (χ0n) is 12.1. The third kappa shape index (κ3) is 2.60. The van der Waals surface area contributed by atoms with Gasteiger partial charge >= 0.3 is 0 Å². The molecular formula is C15H23N3O2. The molecule has 5 heteroatoms. The van der Waals surface area contributed by atoms with Crippen LogP contribution in [-0.4, -0.2) is 43.5 Å². The molecule has 3 heterocycles. The summed E-state index contributed by atoms with van der Waals surface area (Å²) in [4.78, 5) is 14.4. The Morgan fingerprint density at radius 2 is 2.40 bits per heavy atom.